The molecule has 118 valence electrons. The van der Waals surface area contributed by atoms with Gasteiger partial charge in [0.05, 0.1) is 7.11 Å². The van der Waals surface area contributed by atoms with Gasteiger partial charge in [0.15, 0.2) is 11.5 Å². The van der Waals surface area contributed by atoms with Crippen LogP contribution in [0.3, 0.4) is 0 Å². The number of carbonyl (C=O) groups is 1. The van der Waals surface area contributed by atoms with Crippen LogP contribution in [0.15, 0.2) is 18.2 Å². The number of benzene rings is 1. The zero-order valence-electron chi connectivity index (χ0n) is 12.8. The average molecular weight is 296 g/mol. The zero-order valence-corrected chi connectivity index (χ0v) is 12.8. The van der Waals surface area contributed by atoms with Crippen LogP contribution in [0.25, 0.3) is 0 Å². The molecule has 0 saturated carbocycles. The van der Waals surface area contributed by atoms with E-state index in [4.69, 9.17) is 4.74 Å². The quantitative estimate of drug-likeness (QED) is 0.640. The lowest BCUT2D eigenvalue weighted by atomic mass is 10.1. The lowest BCUT2D eigenvalue weighted by Gasteiger charge is -2.21. The molecule has 0 amide bonds. The molecule has 1 aromatic rings. The van der Waals surface area contributed by atoms with Crippen LogP contribution in [0.4, 0.5) is 0 Å². The number of aliphatic carboxylic acids is 1. The predicted octanol–water partition coefficient (Wildman–Crippen LogP) is 1.46. The smallest absolute Gasteiger partial charge is 0.325 e. The highest BCUT2D eigenvalue weighted by atomic mass is 16.5. The third-order valence-corrected chi connectivity index (χ3v) is 3.45. The van der Waals surface area contributed by atoms with Gasteiger partial charge in [0, 0.05) is 13.1 Å². The van der Waals surface area contributed by atoms with Crippen molar-refractivity contribution >= 4 is 5.97 Å². The first-order valence-corrected chi connectivity index (χ1v) is 7.08. The molecule has 6 heteroatoms. The molecule has 1 aromatic carbocycles. The number of hydrogen-bond donors (Lipinski definition) is 3. The van der Waals surface area contributed by atoms with E-state index in [1.807, 2.05) is 0 Å². The van der Waals surface area contributed by atoms with Crippen molar-refractivity contribution in [1.29, 1.82) is 0 Å². The van der Waals surface area contributed by atoms with Gasteiger partial charge in [0.25, 0.3) is 0 Å². The van der Waals surface area contributed by atoms with Crippen LogP contribution in [-0.4, -0.2) is 54.4 Å². The largest absolute Gasteiger partial charge is 0.504 e. The van der Waals surface area contributed by atoms with Crippen LogP contribution in [-0.2, 0) is 4.79 Å². The summed E-state index contributed by atoms with van der Waals surface area (Å²) in [6, 6.07) is 3.77. The fourth-order valence-corrected chi connectivity index (χ4v) is 2.14. The van der Waals surface area contributed by atoms with Crippen molar-refractivity contribution in [2.45, 2.75) is 19.9 Å². The van der Waals surface area contributed by atoms with E-state index in [-0.39, 0.29) is 5.75 Å². The van der Waals surface area contributed by atoms with E-state index in [1.54, 1.807) is 12.1 Å². The standard InChI is InChI=1S/C15H24N2O4/c1-4-17(5-2)9-8-16-14(15(19)20)11-6-7-13(21-3)12(18)10-11/h6-7,10,14,16,18H,4-5,8-9H2,1-3H3,(H,19,20). The van der Waals surface area contributed by atoms with Crippen molar-refractivity contribution in [3.8, 4) is 11.5 Å². The average Bonchev–Trinajstić information content (AvgIpc) is 2.47. The number of aromatic hydroxyl groups is 1. The van der Waals surface area contributed by atoms with E-state index in [0.29, 0.717) is 17.9 Å². The molecule has 1 atom stereocenters. The Kier molecular flexibility index (Phi) is 6.98. The zero-order chi connectivity index (χ0) is 15.8. The lowest BCUT2D eigenvalue weighted by molar-refractivity contribution is -0.139. The molecule has 21 heavy (non-hydrogen) atoms. The van der Waals surface area contributed by atoms with Crippen molar-refractivity contribution in [1.82, 2.24) is 10.2 Å². The van der Waals surface area contributed by atoms with E-state index in [1.165, 1.54) is 13.2 Å². The first-order valence-electron chi connectivity index (χ1n) is 7.08. The van der Waals surface area contributed by atoms with E-state index in [9.17, 15) is 15.0 Å². The number of carboxylic acids is 1. The number of nitrogens with one attached hydrogen (secondary N) is 1. The van der Waals surface area contributed by atoms with Crippen LogP contribution in [0.1, 0.15) is 25.5 Å². The second-order valence-electron chi connectivity index (χ2n) is 4.68. The van der Waals surface area contributed by atoms with Gasteiger partial charge in [0.1, 0.15) is 6.04 Å². The molecule has 3 N–H and O–H groups in total. The number of carboxylic acid groups (broad SMARTS) is 1. The summed E-state index contributed by atoms with van der Waals surface area (Å²) >= 11 is 0. The topological polar surface area (TPSA) is 82.0 Å². The number of phenols is 1. The van der Waals surface area contributed by atoms with Gasteiger partial charge in [0.2, 0.25) is 0 Å². The molecule has 0 heterocycles. The van der Waals surface area contributed by atoms with Crippen LogP contribution in [0, 0.1) is 0 Å². The fourth-order valence-electron chi connectivity index (χ4n) is 2.14. The lowest BCUT2D eigenvalue weighted by Crippen LogP contribution is -2.36. The summed E-state index contributed by atoms with van der Waals surface area (Å²) < 4.78 is 4.96. The Hall–Kier alpha value is -1.79. The fraction of sp³-hybridized carbons (Fsp3) is 0.533. The number of methoxy groups -OCH3 is 1. The number of hydrogen-bond acceptors (Lipinski definition) is 5. The van der Waals surface area contributed by atoms with E-state index < -0.39 is 12.0 Å². The van der Waals surface area contributed by atoms with Gasteiger partial charge in [-0.3, -0.25) is 10.1 Å². The second-order valence-corrected chi connectivity index (χ2v) is 4.68. The number of phenolic OH excluding ortho intramolecular Hbond substituents is 1. The number of nitrogens with zero attached hydrogens (tertiary/aromatic N) is 1. The molecule has 6 nitrogen and oxygen atoms in total. The molecular weight excluding hydrogens is 272 g/mol. The number of likely N-dealkylation sites (N-methyl/N-ethyl adjacent to an activating group) is 1. The maximum atomic E-state index is 11.4. The molecule has 1 unspecified atom stereocenters. The molecule has 0 saturated heterocycles. The van der Waals surface area contributed by atoms with Crippen LogP contribution in [0.2, 0.25) is 0 Å². The normalized spacial score (nSPS) is 12.4. The molecule has 0 aliphatic rings. The molecule has 0 fully saturated rings. The Bertz CT molecular complexity index is 461. The van der Waals surface area contributed by atoms with Gasteiger partial charge < -0.3 is 19.8 Å². The number of ether oxygens (including phenoxy) is 1. The van der Waals surface area contributed by atoms with Crippen molar-refractivity contribution in [3.05, 3.63) is 23.8 Å². The summed E-state index contributed by atoms with van der Waals surface area (Å²) in [7, 11) is 1.45. The van der Waals surface area contributed by atoms with Gasteiger partial charge in [-0.1, -0.05) is 19.9 Å². The van der Waals surface area contributed by atoms with E-state index in [0.717, 1.165) is 19.6 Å². The first-order chi connectivity index (χ1) is 10.0. The summed E-state index contributed by atoms with van der Waals surface area (Å²) in [5, 5.41) is 22.1. The van der Waals surface area contributed by atoms with Crippen molar-refractivity contribution in [2.24, 2.45) is 0 Å². The maximum Gasteiger partial charge on any atom is 0.325 e. The highest BCUT2D eigenvalue weighted by Crippen LogP contribution is 2.28. The molecule has 0 aromatic heterocycles. The first kappa shape index (κ1) is 17.3. The Morgan fingerprint density at radius 3 is 2.52 bits per heavy atom. The molecule has 1 rings (SSSR count). The minimum absolute atomic E-state index is 0.0632. The molecular formula is C15H24N2O4. The molecule has 0 aliphatic carbocycles. The summed E-state index contributed by atoms with van der Waals surface area (Å²) in [6.07, 6.45) is 0. The van der Waals surface area contributed by atoms with Crippen LogP contribution >= 0.6 is 0 Å². The van der Waals surface area contributed by atoms with E-state index in [2.05, 4.69) is 24.1 Å². The Balaban J connectivity index is 2.73. The van der Waals surface area contributed by atoms with Gasteiger partial charge in [-0.25, -0.2) is 0 Å². The van der Waals surface area contributed by atoms with Gasteiger partial charge in [-0.15, -0.1) is 0 Å². The molecule has 0 radical (unpaired) electrons. The van der Waals surface area contributed by atoms with Crippen molar-refractivity contribution in [2.75, 3.05) is 33.3 Å². The minimum Gasteiger partial charge on any atom is -0.504 e. The Morgan fingerprint density at radius 2 is 2.05 bits per heavy atom. The van der Waals surface area contributed by atoms with Gasteiger partial charge in [-0.2, -0.15) is 0 Å². The predicted molar refractivity (Wildman–Crippen MR) is 80.8 cm³/mol. The van der Waals surface area contributed by atoms with Gasteiger partial charge in [-0.05, 0) is 30.8 Å². The van der Waals surface area contributed by atoms with Crippen molar-refractivity contribution in [3.63, 3.8) is 0 Å². The molecule has 0 aliphatic heterocycles. The van der Waals surface area contributed by atoms with Crippen LogP contribution < -0.4 is 10.1 Å². The minimum atomic E-state index is -0.973. The summed E-state index contributed by atoms with van der Waals surface area (Å²) in [5.74, 6) is -0.711. The van der Waals surface area contributed by atoms with Gasteiger partial charge >= 0.3 is 5.97 Å². The highest BCUT2D eigenvalue weighted by Gasteiger charge is 2.20. The monoisotopic (exact) mass is 296 g/mol. The summed E-state index contributed by atoms with van der Waals surface area (Å²) in [5.41, 5.74) is 0.500. The van der Waals surface area contributed by atoms with Crippen molar-refractivity contribution < 1.29 is 19.7 Å². The highest BCUT2D eigenvalue weighted by molar-refractivity contribution is 5.76. The van der Waals surface area contributed by atoms with Crippen LogP contribution in [0.5, 0.6) is 11.5 Å². The summed E-state index contributed by atoms with van der Waals surface area (Å²) in [4.78, 5) is 13.6. The molecule has 0 bridgehead atoms. The Morgan fingerprint density at radius 1 is 1.38 bits per heavy atom. The SMILES string of the molecule is CCN(CC)CCNC(C(=O)O)c1ccc(OC)c(O)c1. The van der Waals surface area contributed by atoms with E-state index >= 15 is 0 Å². The molecule has 0 spiro atoms. The third kappa shape index (κ3) is 4.91. The third-order valence-electron chi connectivity index (χ3n) is 3.45. The Labute approximate surface area is 125 Å². The summed E-state index contributed by atoms with van der Waals surface area (Å²) in [6.45, 7) is 7.34. The number of rotatable bonds is 9. The maximum absolute atomic E-state index is 11.4. The second kappa shape index (κ2) is 8.49.